The van der Waals surface area contributed by atoms with E-state index in [0.717, 1.165) is 22.0 Å². The van der Waals surface area contributed by atoms with Crippen LogP contribution in [0.5, 0.6) is 0 Å². The molecule has 1 aromatic carbocycles. The third-order valence-corrected chi connectivity index (χ3v) is 5.12. The SMILES string of the molecule is CCc1ccc(NC(=O)c2cnc(-c3cccs3)s2)cc1. The number of hydrogen-bond donors (Lipinski definition) is 1. The van der Waals surface area contributed by atoms with Gasteiger partial charge in [0, 0.05) is 5.69 Å². The van der Waals surface area contributed by atoms with Crippen molar-refractivity contribution in [1.29, 1.82) is 0 Å². The van der Waals surface area contributed by atoms with Gasteiger partial charge in [-0.2, -0.15) is 0 Å². The van der Waals surface area contributed by atoms with E-state index in [1.54, 1.807) is 17.5 Å². The number of aromatic nitrogens is 1. The normalized spacial score (nSPS) is 10.5. The van der Waals surface area contributed by atoms with E-state index >= 15 is 0 Å². The average molecular weight is 314 g/mol. The molecule has 21 heavy (non-hydrogen) atoms. The molecule has 2 heterocycles. The van der Waals surface area contributed by atoms with Gasteiger partial charge in [-0.3, -0.25) is 4.79 Å². The Balaban J connectivity index is 1.73. The summed E-state index contributed by atoms with van der Waals surface area (Å²) in [7, 11) is 0. The minimum absolute atomic E-state index is 0.112. The van der Waals surface area contributed by atoms with Crippen LogP contribution in [0.2, 0.25) is 0 Å². The number of carbonyl (C=O) groups is 1. The molecule has 0 saturated carbocycles. The third kappa shape index (κ3) is 3.20. The fourth-order valence-electron chi connectivity index (χ4n) is 1.91. The third-order valence-electron chi connectivity index (χ3n) is 3.08. The molecule has 1 amide bonds. The topological polar surface area (TPSA) is 42.0 Å². The molecule has 0 unspecified atom stereocenters. The molecule has 3 rings (SSSR count). The molecular formula is C16H14N2OS2. The molecular weight excluding hydrogens is 300 g/mol. The van der Waals surface area contributed by atoms with Crippen LogP contribution < -0.4 is 5.32 Å². The number of nitrogens with one attached hydrogen (secondary N) is 1. The van der Waals surface area contributed by atoms with Crippen molar-refractivity contribution in [3.63, 3.8) is 0 Å². The van der Waals surface area contributed by atoms with E-state index in [9.17, 15) is 4.79 Å². The summed E-state index contributed by atoms with van der Waals surface area (Å²) in [6.07, 6.45) is 2.63. The van der Waals surface area contributed by atoms with E-state index in [0.29, 0.717) is 4.88 Å². The van der Waals surface area contributed by atoms with Gasteiger partial charge in [0.1, 0.15) is 9.88 Å². The second-order valence-corrected chi connectivity index (χ2v) is 6.49. The molecule has 0 atom stereocenters. The molecule has 0 aliphatic heterocycles. The lowest BCUT2D eigenvalue weighted by Gasteiger charge is -2.04. The number of thiazole rings is 1. The molecule has 0 aliphatic rings. The van der Waals surface area contributed by atoms with E-state index in [2.05, 4.69) is 17.2 Å². The van der Waals surface area contributed by atoms with E-state index in [1.165, 1.54) is 16.9 Å². The quantitative estimate of drug-likeness (QED) is 0.759. The molecule has 0 radical (unpaired) electrons. The Kier molecular flexibility index (Phi) is 4.13. The van der Waals surface area contributed by atoms with Crippen molar-refractivity contribution in [3.05, 3.63) is 58.4 Å². The zero-order valence-corrected chi connectivity index (χ0v) is 13.1. The molecule has 0 aliphatic carbocycles. The Morgan fingerprint density at radius 2 is 2.05 bits per heavy atom. The summed E-state index contributed by atoms with van der Waals surface area (Å²) in [6, 6.07) is 11.9. The fraction of sp³-hybridized carbons (Fsp3) is 0.125. The Morgan fingerprint density at radius 1 is 1.24 bits per heavy atom. The van der Waals surface area contributed by atoms with Crippen LogP contribution in [0.15, 0.2) is 48.0 Å². The lowest BCUT2D eigenvalue weighted by atomic mass is 10.1. The summed E-state index contributed by atoms with van der Waals surface area (Å²) in [5, 5.41) is 5.79. The number of rotatable bonds is 4. The summed E-state index contributed by atoms with van der Waals surface area (Å²) in [6.45, 7) is 2.11. The van der Waals surface area contributed by atoms with Gasteiger partial charge in [-0.25, -0.2) is 4.98 Å². The van der Waals surface area contributed by atoms with Crippen LogP contribution in [-0.4, -0.2) is 10.9 Å². The van der Waals surface area contributed by atoms with Gasteiger partial charge in [0.2, 0.25) is 0 Å². The number of nitrogens with zero attached hydrogens (tertiary/aromatic N) is 1. The van der Waals surface area contributed by atoms with Crippen LogP contribution >= 0.6 is 22.7 Å². The molecule has 0 bridgehead atoms. The predicted molar refractivity (Wildman–Crippen MR) is 89.2 cm³/mol. The predicted octanol–water partition coefficient (Wildman–Crippen LogP) is 4.69. The fourth-order valence-corrected chi connectivity index (χ4v) is 3.52. The van der Waals surface area contributed by atoms with Crippen molar-refractivity contribution in [3.8, 4) is 9.88 Å². The Morgan fingerprint density at radius 3 is 2.71 bits per heavy atom. The van der Waals surface area contributed by atoms with Crippen LogP contribution in [0, 0.1) is 0 Å². The number of amides is 1. The number of thiophene rings is 1. The molecule has 1 N–H and O–H groups in total. The smallest absolute Gasteiger partial charge is 0.267 e. The van der Waals surface area contributed by atoms with Crippen LogP contribution in [0.3, 0.4) is 0 Å². The molecule has 3 nitrogen and oxygen atoms in total. The first-order valence-corrected chi connectivity index (χ1v) is 8.36. The molecule has 0 spiro atoms. The van der Waals surface area contributed by atoms with Crippen molar-refractivity contribution in [1.82, 2.24) is 4.98 Å². The first kappa shape index (κ1) is 14.0. The summed E-state index contributed by atoms with van der Waals surface area (Å²) >= 11 is 3.04. The average Bonchev–Trinajstić information content (AvgIpc) is 3.19. The Bertz CT molecular complexity index is 730. The summed E-state index contributed by atoms with van der Waals surface area (Å²) in [5.41, 5.74) is 2.06. The lowest BCUT2D eigenvalue weighted by Crippen LogP contribution is -2.09. The van der Waals surface area contributed by atoms with Crippen LogP contribution in [0.1, 0.15) is 22.2 Å². The van der Waals surface area contributed by atoms with Gasteiger partial charge in [-0.15, -0.1) is 22.7 Å². The number of carbonyl (C=O) groups excluding carboxylic acids is 1. The van der Waals surface area contributed by atoms with E-state index in [4.69, 9.17) is 0 Å². The molecule has 0 saturated heterocycles. The van der Waals surface area contributed by atoms with Gasteiger partial charge in [-0.1, -0.05) is 25.1 Å². The van der Waals surface area contributed by atoms with Crippen LogP contribution in [0.25, 0.3) is 9.88 Å². The highest BCUT2D eigenvalue weighted by Gasteiger charge is 2.12. The molecule has 106 valence electrons. The highest BCUT2D eigenvalue weighted by molar-refractivity contribution is 7.22. The van der Waals surface area contributed by atoms with Gasteiger partial charge in [0.25, 0.3) is 5.91 Å². The molecule has 0 fully saturated rings. The van der Waals surface area contributed by atoms with Gasteiger partial charge >= 0.3 is 0 Å². The highest BCUT2D eigenvalue weighted by atomic mass is 32.1. The lowest BCUT2D eigenvalue weighted by molar-refractivity contribution is 0.103. The van der Waals surface area contributed by atoms with Gasteiger partial charge in [0.15, 0.2) is 0 Å². The van der Waals surface area contributed by atoms with Gasteiger partial charge in [-0.05, 0) is 35.6 Å². The van der Waals surface area contributed by atoms with E-state index in [1.807, 2.05) is 41.8 Å². The van der Waals surface area contributed by atoms with Crippen molar-refractivity contribution in [2.75, 3.05) is 5.32 Å². The molecule has 2 aromatic heterocycles. The van der Waals surface area contributed by atoms with E-state index < -0.39 is 0 Å². The zero-order valence-electron chi connectivity index (χ0n) is 11.5. The van der Waals surface area contributed by atoms with Crippen molar-refractivity contribution < 1.29 is 4.79 Å². The largest absolute Gasteiger partial charge is 0.321 e. The number of benzene rings is 1. The van der Waals surface area contributed by atoms with Gasteiger partial charge in [0.05, 0.1) is 11.1 Å². The molecule has 3 aromatic rings. The Labute approximate surface area is 131 Å². The minimum atomic E-state index is -0.112. The monoisotopic (exact) mass is 314 g/mol. The van der Waals surface area contributed by atoms with Gasteiger partial charge < -0.3 is 5.32 Å². The highest BCUT2D eigenvalue weighted by Crippen LogP contribution is 2.29. The van der Waals surface area contributed by atoms with Crippen LogP contribution in [0.4, 0.5) is 5.69 Å². The first-order chi connectivity index (χ1) is 10.3. The number of aryl methyl sites for hydroxylation is 1. The maximum atomic E-state index is 12.2. The summed E-state index contributed by atoms with van der Waals surface area (Å²) in [4.78, 5) is 18.2. The van der Waals surface area contributed by atoms with Crippen molar-refractivity contribution >= 4 is 34.3 Å². The first-order valence-electron chi connectivity index (χ1n) is 6.66. The molecule has 5 heteroatoms. The number of anilines is 1. The maximum Gasteiger partial charge on any atom is 0.267 e. The standard InChI is InChI=1S/C16H14N2OS2/c1-2-11-5-7-12(8-6-11)18-15(19)14-10-17-16(21-14)13-4-3-9-20-13/h3-10H,2H2,1H3,(H,18,19). The number of hydrogen-bond acceptors (Lipinski definition) is 4. The van der Waals surface area contributed by atoms with Crippen molar-refractivity contribution in [2.24, 2.45) is 0 Å². The Hall–Kier alpha value is -1.98. The maximum absolute atomic E-state index is 12.2. The van der Waals surface area contributed by atoms with Crippen LogP contribution in [-0.2, 0) is 6.42 Å². The van der Waals surface area contributed by atoms with Crippen molar-refractivity contribution in [2.45, 2.75) is 13.3 Å². The second kappa shape index (κ2) is 6.20. The second-order valence-electron chi connectivity index (χ2n) is 4.51. The summed E-state index contributed by atoms with van der Waals surface area (Å²) in [5.74, 6) is -0.112. The minimum Gasteiger partial charge on any atom is -0.321 e. The zero-order chi connectivity index (χ0) is 14.7. The summed E-state index contributed by atoms with van der Waals surface area (Å²) < 4.78 is 0. The van der Waals surface area contributed by atoms with E-state index in [-0.39, 0.29) is 5.91 Å².